The summed E-state index contributed by atoms with van der Waals surface area (Å²) in [7, 11) is 0. The van der Waals surface area contributed by atoms with Crippen molar-refractivity contribution < 1.29 is 13.2 Å². The van der Waals surface area contributed by atoms with Gasteiger partial charge in [-0.15, -0.1) is 0 Å². The second-order valence-electron chi connectivity index (χ2n) is 5.88. The Hall–Kier alpha value is -1.07. The summed E-state index contributed by atoms with van der Waals surface area (Å²) in [4.78, 5) is 2.24. The fourth-order valence-electron chi connectivity index (χ4n) is 2.76. The topological polar surface area (TPSA) is 15.3 Å². The average Bonchev–Trinajstić information content (AvgIpc) is 2.46. The van der Waals surface area contributed by atoms with Gasteiger partial charge in [0.1, 0.15) is 0 Å². The van der Waals surface area contributed by atoms with Gasteiger partial charge in [0.15, 0.2) is 0 Å². The Balaban J connectivity index is 2.01. The van der Waals surface area contributed by atoms with Crippen LogP contribution in [0.2, 0.25) is 0 Å². The maximum Gasteiger partial charge on any atom is 0.416 e. The van der Waals surface area contributed by atoms with Crippen LogP contribution in [-0.2, 0) is 12.7 Å². The molecule has 2 unspecified atom stereocenters. The largest absolute Gasteiger partial charge is 0.416 e. The Labute approximate surface area is 124 Å². The molecule has 2 rings (SSSR count). The molecule has 0 aromatic heterocycles. The fraction of sp³-hybridized carbons (Fsp3) is 0.625. The number of hydrogen-bond acceptors (Lipinski definition) is 2. The highest BCUT2D eigenvalue weighted by Crippen LogP contribution is 2.29. The molecule has 1 fully saturated rings. The summed E-state index contributed by atoms with van der Waals surface area (Å²) in [5.74, 6) is 0.578. The summed E-state index contributed by atoms with van der Waals surface area (Å²) in [6, 6.07) is 6.08. The second-order valence-corrected chi connectivity index (χ2v) is 5.88. The zero-order chi connectivity index (χ0) is 15.5. The van der Waals surface area contributed by atoms with Crippen molar-refractivity contribution in [2.45, 2.75) is 39.0 Å². The Kier molecular flexibility index (Phi) is 5.27. The third-order valence-electron chi connectivity index (χ3n) is 4.28. The number of benzene rings is 1. The number of nitrogens with zero attached hydrogens (tertiary/aromatic N) is 1. The lowest BCUT2D eigenvalue weighted by Crippen LogP contribution is -2.52. The summed E-state index contributed by atoms with van der Waals surface area (Å²) in [6.45, 7) is 7.63. The molecule has 1 aromatic carbocycles. The summed E-state index contributed by atoms with van der Waals surface area (Å²) >= 11 is 0. The van der Waals surface area contributed by atoms with Gasteiger partial charge in [0.2, 0.25) is 0 Å². The minimum Gasteiger partial charge on any atom is -0.311 e. The molecule has 1 aromatic rings. The summed E-state index contributed by atoms with van der Waals surface area (Å²) in [5.41, 5.74) is 0.170. The van der Waals surface area contributed by atoms with Gasteiger partial charge in [-0.25, -0.2) is 0 Å². The number of piperazine rings is 1. The number of rotatable bonds is 4. The van der Waals surface area contributed by atoms with E-state index in [0.717, 1.165) is 37.7 Å². The first-order chi connectivity index (χ1) is 9.90. The van der Waals surface area contributed by atoms with Crippen LogP contribution in [0.15, 0.2) is 24.3 Å². The number of alkyl halides is 3. The lowest BCUT2D eigenvalue weighted by molar-refractivity contribution is -0.137. The van der Waals surface area contributed by atoms with Crippen molar-refractivity contribution in [1.29, 1.82) is 0 Å². The van der Waals surface area contributed by atoms with Gasteiger partial charge < -0.3 is 5.32 Å². The quantitative estimate of drug-likeness (QED) is 0.915. The molecule has 5 heteroatoms. The predicted octanol–water partition coefficient (Wildman–Crippen LogP) is 3.53. The smallest absolute Gasteiger partial charge is 0.311 e. The highest BCUT2D eigenvalue weighted by atomic mass is 19.4. The van der Waals surface area contributed by atoms with Crippen LogP contribution in [0.25, 0.3) is 0 Å². The highest BCUT2D eigenvalue weighted by Gasteiger charge is 2.30. The number of halogens is 3. The predicted molar refractivity (Wildman–Crippen MR) is 78.0 cm³/mol. The lowest BCUT2D eigenvalue weighted by Gasteiger charge is -2.36. The minimum atomic E-state index is -4.27. The number of nitrogens with one attached hydrogen (secondary N) is 1. The molecular formula is C16H23F3N2. The molecule has 2 nitrogen and oxygen atoms in total. The SMILES string of the molecule is CCC(C)C1CN(Cc2cccc(C(F)(F)F)c2)CCN1. The normalized spacial score (nSPS) is 22.2. The minimum absolute atomic E-state index is 0.426. The maximum absolute atomic E-state index is 12.7. The molecule has 0 radical (unpaired) electrons. The first kappa shape index (κ1) is 16.3. The van der Waals surface area contributed by atoms with E-state index in [1.165, 1.54) is 12.1 Å². The third kappa shape index (κ3) is 4.45. The molecule has 0 aliphatic carbocycles. The van der Waals surface area contributed by atoms with Gasteiger partial charge in [0.25, 0.3) is 0 Å². The Morgan fingerprint density at radius 3 is 2.81 bits per heavy atom. The van der Waals surface area contributed by atoms with Gasteiger partial charge in [0, 0.05) is 32.2 Å². The van der Waals surface area contributed by atoms with Crippen LogP contribution in [0.4, 0.5) is 13.2 Å². The zero-order valence-electron chi connectivity index (χ0n) is 12.6. The van der Waals surface area contributed by atoms with Crippen molar-refractivity contribution >= 4 is 0 Å². The zero-order valence-corrected chi connectivity index (χ0v) is 12.6. The molecule has 0 saturated carbocycles. The van der Waals surface area contributed by atoms with Crippen molar-refractivity contribution in [3.63, 3.8) is 0 Å². The van der Waals surface area contributed by atoms with Crippen LogP contribution in [0.5, 0.6) is 0 Å². The molecule has 1 saturated heterocycles. The van der Waals surface area contributed by atoms with E-state index in [1.54, 1.807) is 6.07 Å². The van der Waals surface area contributed by atoms with Crippen LogP contribution >= 0.6 is 0 Å². The standard InChI is InChI=1S/C16H23F3N2/c1-3-12(2)15-11-21(8-7-20-15)10-13-5-4-6-14(9-13)16(17,18)19/h4-6,9,12,15,20H,3,7-8,10-11H2,1-2H3. The van der Waals surface area contributed by atoms with E-state index in [1.807, 2.05) is 0 Å². The van der Waals surface area contributed by atoms with Crippen molar-refractivity contribution in [2.75, 3.05) is 19.6 Å². The molecule has 21 heavy (non-hydrogen) atoms. The van der Waals surface area contributed by atoms with Crippen LogP contribution in [0.1, 0.15) is 31.4 Å². The molecule has 1 N–H and O–H groups in total. The van der Waals surface area contributed by atoms with Crippen LogP contribution in [0.3, 0.4) is 0 Å². The molecule has 2 atom stereocenters. The average molecular weight is 300 g/mol. The van der Waals surface area contributed by atoms with E-state index in [-0.39, 0.29) is 0 Å². The maximum atomic E-state index is 12.7. The first-order valence-corrected chi connectivity index (χ1v) is 7.52. The van der Waals surface area contributed by atoms with Gasteiger partial charge >= 0.3 is 6.18 Å². The van der Waals surface area contributed by atoms with E-state index in [2.05, 4.69) is 24.1 Å². The lowest BCUT2D eigenvalue weighted by atomic mass is 9.97. The van der Waals surface area contributed by atoms with Gasteiger partial charge in [-0.05, 0) is 17.5 Å². The Bertz CT molecular complexity index is 459. The Morgan fingerprint density at radius 2 is 2.14 bits per heavy atom. The second kappa shape index (κ2) is 6.79. The number of hydrogen-bond donors (Lipinski definition) is 1. The van der Waals surface area contributed by atoms with E-state index >= 15 is 0 Å². The van der Waals surface area contributed by atoms with E-state index in [4.69, 9.17) is 0 Å². The van der Waals surface area contributed by atoms with Crippen LogP contribution in [-0.4, -0.2) is 30.6 Å². The van der Waals surface area contributed by atoms with Gasteiger partial charge in [0.05, 0.1) is 5.56 Å². The first-order valence-electron chi connectivity index (χ1n) is 7.52. The molecule has 0 bridgehead atoms. The summed E-state index contributed by atoms with van der Waals surface area (Å²) in [5, 5.41) is 3.50. The van der Waals surface area contributed by atoms with E-state index in [0.29, 0.717) is 18.5 Å². The molecule has 118 valence electrons. The van der Waals surface area contributed by atoms with Crippen molar-refractivity contribution in [3.8, 4) is 0 Å². The highest BCUT2D eigenvalue weighted by molar-refractivity contribution is 5.25. The molecule has 1 aliphatic rings. The molecular weight excluding hydrogens is 277 g/mol. The molecule has 1 heterocycles. The van der Waals surface area contributed by atoms with Gasteiger partial charge in [-0.1, -0.05) is 38.5 Å². The van der Waals surface area contributed by atoms with Crippen LogP contribution in [0, 0.1) is 5.92 Å². The van der Waals surface area contributed by atoms with E-state index in [9.17, 15) is 13.2 Å². The molecule has 0 spiro atoms. The van der Waals surface area contributed by atoms with Gasteiger partial charge in [-0.2, -0.15) is 13.2 Å². The molecule has 1 aliphatic heterocycles. The Morgan fingerprint density at radius 1 is 1.38 bits per heavy atom. The van der Waals surface area contributed by atoms with E-state index < -0.39 is 11.7 Å². The summed E-state index contributed by atoms with van der Waals surface area (Å²) < 4.78 is 38.2. The monoisotopic (exact) mass is 300 g/mol. The fourth-order valence-corrected chi connectivity index (χ4v) is 2.76. The summed E-state index contributed by atoms with van der Waals surface area (Å²) in [6.07, 6.45) is -3.16. The molecule has 0 amide bonds. The van der Waals surface area contributed by atoms with Gasteiger partial charge in [-0.3, -0.25) is 4.90 Å². The van der Waals surface area contributed by atoms with Crippen molar-refractivity contribution in [1.82, 2.24) is 10.2 Å². The van der Waals surface area contributed by atoms with Crippen molar-refractivity contribution in [2.24, 2.45) is 5.92 Å². The van der Waals surface area contributed by atoms with Crippen LogP contribution < -0.4 is 5.32 Å². The third-order valence-corrected chi connectivity index (χ3v) is 4.28. The van der Waals surface area contributed by atoms with Crippen molar-refractivity contribution in [3.05, 3.63) is 35.4 Å².